The lowest BCUT2D eigenvalue weighted by Gasteiger charge is -2.17. The van der Waals surface area contributed by atoms with Crippen LogP contribution in [0.3, 0.4) is 0 Å². The van der Waals surface area contributed by atoms with E-state index in [9.17, 15) is 0 Å². The summed E-state index contributed by atoms with van der Waals surface area (Å²) in [6, 6.07) is 63.1. The number of rotatable bonds is 7. The van der Waals surface area contributed by atoms with E-state index in [2.05, 4.69) is 176 Å². The number of pyridine rings is 4. The highest BCUT2D eigenvalue weighted by Crippen LogP contribution is 2.43. The molecule has 5 heterocycles. The van der Waals surface area contributed by atoms with Crippen LogP contribution in [-0.2, 0) is 0 Å². The fraction of sp³-hybridized carbons (Fsp3) is 0. The standard InChI is InChI=1S/C61H37N5S/c1-5-15-51-38(11-1)30-62-34-55(51)46-22-44(23-47(28-46)56-35-63-31-39-12-2-6-16-52(39)56)42-21-43(27-50(26-42)61-66-59-19-9-10-20-60(59)67-61)45-24-48(57-36-64-32-40-13-3-7-17-53(40)57)29-49(25-45)58-37-65-33-41-14-4-8-18-54(41)58/h1-37H. The molecule has 0 saturated heterocycles. The van der Waals surface area contributed by atoms with Crippen molar-refractivity contribution < 1.29 is 0 Å². The van der Waals surface area contributed by atoms with Crippen LogP contribution in [0.1, 0.15) is 0 Å². The van der Waals surface area contributed by atoms with Gasteiger partial charge in [0.1, 0.15) is 5.01 Å². The third kappa shape index (κ3) is 6.99. The van der Waals surface area contributed by atoms with Crippen molar-refractivity contribution in [2.75, 3.05) is 0 Å². The van der Waals surface area contributed by atoms with Gasteiger partial charge in [0.2, 0.25) is 0 Å². The summed E-state index contributed by atoms with van der Waals surface area (Å²) < 4.78 is 1.15. The molecule has 0 unspecified atom stereocenters. The normalized spacial score (nSPS) is 11.6. The molecule has 0 bridgehead atoms. The molecule has 5 nitrogen and oxygen atoms in total. The molecule has 67 heavy (non-hydrogen) atoms. The summed E-state index contributed by atoms with van der Waals surface area (Å²) in [5, 5.41) is 9.94. The highest BCUT2D eigenvalue weighted by atomic mass is 32.1. The van der Waals surface area contributed by atoms with Gasteiger partial charge in [0.05, 0.1) is 10.2 Å². The molecule has 0 spiro atoms. The molecule has 0 aliphatic rings. The lowest BCUT2D eigenvalue weighted by Crippen LogP contribution is -1.92. The lowest BCUT2D eigenvalue weighted by molar-refractivity contribution is 1.35. The Kier molecular flexibility index (Phi) is 9.29. The van der Waals surface area contributed by atoms with E-state index in [4.69, 9.17) is 24.9 Å². The van der Waals surface area contributed by atoms with Crippen molar-refractivity contribution >= 4 is 64.6 Å². The topological polar surface area (TPSA) is 64.5 Å². The van der Waals surface area contributed by atoms with Crippen molar-refractivity contribution in [1.29, 1.82) is 0 Å². The number of hydrogen-bond donors (Lipinski definition) is 0. The van der Waals surface area contributed by atoms with Gasteiger partial charge in [0.25, 0.3) is 0 Å². The van der Waals surface area contributed by atoms with E-state index < -0.39 is 0 Å². The molecule has 8 aromatic carbocycles. The van der Waals surface area contributed by atoms with Gasteiger partial charge in [0, 0.05) is 98.9 Å². The molecule has 6 heteroatoms. The minimum absolute atomic E-state index is 0.963. The lowest BCUT2D eigenvalue weighted by atomic mass is 9.88. The van der Waals surface area contributed by atoms with Gasteiger partial charge in [0.15, 0.2) is 0 Å². The predicted octanol–water partition coefficient (Wildman–Crippen LogP) is 16.2. The van der Waals surface area contributed by atoms with E-state index in [-0.39, 0.29) is 0 Å². The van der Waals surface area contributed by atoms with Gasteiger partial charge in [-0.05, 0) is 133 Å². The van der Waals surface area contributed by atoms with Gasteiger partial charge in [-0.25, -0.2) is 4.98 Å². The van der Waals surface area contributed by atoms with Gasteiger partial charge in [-0.2, -0.15) is 0 Å². The second-order valence-corrected chi connectivity index (χ2v) is 18.0. The number of thiazole rings is 1. The molecule has 13 aromatic rings. The second-order valence-electron chi connectivity index (χ2n) is 17.0. The molecule has 0 aliphatic carbocycles. The molecule has 0 fully saturated rings. The van der Waals surface area contributed by atoms with Gasteiger partial charge in [-0.1, -0.05) is 109 Å². The van der Waals surface area contributed by atoms with Crippen LogP contribution in [0.15, 0.2) is 225 Å². The highest BCUT2D eigenvalue weighted by Gasteiger charge is 2.18. The maximum absolute atomic E-state index is 5.24. The zero-order chi connectivity index (χ0) is 44.3. The van der Waals surface area contributed by atoms with E-state index in [1.54, 1.807) is 11.3 Å². The summed E-state index contributed by atoms with van der Waals surface area (Å²) in [7, 11) is 0. The zero-order valence-corrected chi connectivity index (χ0v) is 36.8. The summed E-state index contributed by atoms with van der Waals surface area (Å²) in [5.41, 5.74) is 14.9. The molecule has 5 aromatic heterocycles. The van der Waals surface area contributed by atoms with Crippen LogP contribution in [0.5, 0.6) is 0 Å². The van der Waals surface area contributed by atoms with Crippen LogP contribution >= 0.6 is 11.3 Å². The second kappa shape index (κ2) is 16.1. The Balaban J connectivity index is 1.09. The van der Waals surface area contributed by atoms with Crippen LogP contribution in [-0.4, -0.2) is 24.9 Å². The van der Waals surface area contributed by atoms with Crippen LogP contribution in [0.25, 0.3) is 131 Å². The molecule has 0 radical (unpaired) electrons. The molecule has 0 N–H and O–H groups in total. The number of hydrogen-bond acceptors (Lipinski definition) is 6. The monoisotopic (exact) mass is 871 g/mol. The van der Waals surface area contributed by atoms with Crippen molar-refractivity contribution in [3.8, 4) is 77.3 Å². The average molecular weight is 872 g/mol. The van der Waals surface area contributed by atoms with Crippen LogP contribution in [0.4, 0.5) is 0 Å². The number of benzene rings is 8. The van der Waals surface area contributed by atoms with E-state index >= 15 is 0 Å². The minimum Gasteiger partial charge on any atom is -0.263 e. The average Bonchev–Trinajstić information content (AvgIpc) is 3.85. The van der Waals surface area contributed by atoms with E-state index in [1.165, 1.54) is 0 Å². The summed E-state index contributed by atoms with van der Waals surface area (Å²) >= 11 is 1.72. The van der Waals surface area contributed by atoms with Gasteiger partial charge in [-0.3, -0.25) is 19.9 Å². The number of fused-ring (bicyclic) bond motifs is 5. The Hall–Kier alpha value is -8.71. The van der Waals surface area contributed by atoms with Crippen LogP contribution in [0, 0.1) is 0 Å². The Morgan fingerprint density at radius 2 is 0.567 bits per heavy atom. The van der Waals surface area contributed by atoms with E-state index in [0.717, 1.165) is 131 Å². The first kappa shape index (κ1) is 38.7. The largest absolute Gasteiger partial charge is 0.263 e. The molecule has 312 valence electrons. The Morgan fingerprint density at radius 1 is 0.269 bits per heavy atom. The highest BCUT2D eigenvalue weighted by molar-refractivity contribution is 7.21. The van der Waals surface area contributed by atoms with E-state index in [1.807, 2.05) is 49.6 Å². The van der Waals surface area contributed by atoms with Crippen LogP contribution < -0.4 is 0 Å². The molecule has 0 atom stereocenters. The van der Waals surface area contributed by atoms with Gasteiger partial charge >= 0.3 is 0 Å². The van der Waals surface area contributed by atoms with Crippen molar-refractivity contribution in [3.05, 3.63) is 225 Å². The molecular weight excluding hydrogens is 835 g/mol. The van der Waals surface area contributed by atoms with E-state index in [0.29, 0.717) is 0 Å². The first-order valence-corrected chi connectivity index (χ1v) is 23.1. The third-order valence-corrected chi connectivity index (χ3v) is 14.0. The Bertz CT molecular complexity index is 3610. The smallest absolute Gasteiger partial charge is 0.124 e. The Morgan fingerprint density at radius 3 is 0.940 bits per heavy atom. The SMILES string of the molecule is c1ccc2c(-c3cc(-c4cc(-c5cc(-c6cncc7ccccc67)cc(-c6cncc7ccccc67)c5)cc(-c5nc6ccccc6s5)c4)cc(-c4cncc5ccccc45)c3)cncc2c1. The molecular formula is C61H37N5S. The summed E-state index contributed by atoms with van der Waals surface area (Å²) in [6.07, 6.45) is 15.7. The number of aromatic nitrogens is 5. The quantitative estimate of drug-likeness (QED) is 0.160. The molecule has 0 amide bonds. The van der Waals surface area contributed by atoms with Crippen molar-refractivity contribution in [3.63, 3.8) is 0 Å². The van der Waals surface area contributed by atoms with Gasteiger partial charge in [-0.15, -0.1) is 11.3 Å². The molecule has 13 rings (SSSR count). The predicted molar refractivity (Wildman–Crippen MR) is 279 cm³/mol. The van der Waals surface area contributed by atoms with Crippen LogP contribution in [0.2, 0.25) is 0 Å². The maximum atomic E-state index is 5.24. The molecule has 0 saturated carbocycles. The number of para-hydroxylation sites is 1. The fourth-order valence-electron chi connectivity index (χ4n) is 9.68. The minimum atomic E-state index is 0.963. The number of nitrogens with zero attached hydrogens (tertiary/aromatic N) is 5. The summed E-state index contributed by atoms with van der Waals surface area (Å²) in [4.78, 5) is 24.2. The maximum Gasteiger partial charge on any atom is 0.124 e. The van der Waals surface area contributed by atoms with Crippen molar-refractivity contribution in [2.24, 2.45) is 0 Å². The molecule has 0 aliphatic heterocycles. The summed E-state index contributed by atoms with van der Waals surface area (Å²) in [5.74, 6) is 0. The van der Waals surface area contributed by atoms with Gasteiger partial charge < -0.3 is 0 Å². The van der Waals surface area contributed by atoms with Crippen molar-refractivity contribution in [1.82, 2.24) is 24.9 Å². The third-order valence-electron chi connectivity index (χ3n) is 12.9. The summed E-state index contributed by atoms with van der Waals surface area (Å²) in [6.45, 7) is 0. The van der Waals surface area contributed by atoms with Crippen molar-refractivity contribution in [2.45, 2.75) is 0 Å². The first-order valence-electron chi connectivity index (χ1n) is 22.3. The fourth-order valence-corrected chi connectivity index (χ4v) is 10.6. The zero-order valence-electron chi connectivity index (χ0n) is 36.0. The Labute approximate surface area is 390 Å². The first-order chi connectivity index (χ1) is 33.2.